The van der Waals surface area contributed by atoms with Crippen LogP contribution in [0.2, 0.25) is 5.02 Å². The van der Waals surface area contributed by atoms with Gasteiger partial charge in [-0.15, -0.1) is 0 Å². The Morgan fingerprint density at radius 3 is 2.46 bits per heavy atom. The minimum Gasteiger partial charge on any atom is -0.481 e. The number of thiol groups is 1. The highest BCUT2D eigenvalue weighted by Gasteiger charge is 2.43. The molecule has 3 aliphatic rings. The predicted molar refractivity (Wildman–Crippen MR) is 157 cm³/mol. The largest absolute Gasteiger partial charge is 0.481 e. The molecule has 2 N–H and O–H groups in total. The van der Waals surface area contributed by atoms with E-state index in [1.807, 2.05) is 18.2 Å². The van der Waals surface area contributed by atoms with Gasteiger partial charge < -0.3 is 14.9 Å². The van der Waals surface area contributed by atoms with Crippen molar-refractivity contribution in [2.75, 3.05) is 5.32 Å². The summed E-state index contributed by atoms with van der Waals surface area (Å²) in [4.78, 5) is 24.7. The highest BCUT2D eigenvalue weighted by atomic mass is 35.5. The second-order valence-corrected chi connectivity index (χ2v) is 14.1. The summed E-state index contributed by atoms with van der Waals surface area (Å²) in [6.07, 6.45) is 8.29. The lowest BCUT2D eigenvalue weighted by Gasteiger charge is -2.40. The van der Waals surface area contributed by atoms with Gasteiger partial charge in [-0.25, -0.2) is 0 Å². The lowest BCUT2D eigenvalue weighted by molar-refractivity contribution is -0.137. The van der Waals surface area contributed by atoms with Crippen molar-refractivity contribution < 1.29 is 19.2 Å². The minimum absolute atomic E-state index is 0.0242. The molecule has 2 aromatic rings. The molecule has 0 aliphatic heterocycles. The van der Waals surface area contributed by atoms with Crippen LogP contribution in [0.15, 0.2) is 22.7 Å². The molecule has 212 valence electrons. The van der Waals surface area contributed by atoms with Gasteiger partial charge in [-0.2, -0.15) is 12.6 Å². The molecule has 1 aromatic carbocycles. The Bertz CT molecular complexity index is 1210. The summed E-state index contributed by atoms with van der Waals surface area (Å²) in [6.45, 7) is 6.73. The van der Waals surface area contributed by atoms with Gasteiger partial charge in [0.05, 0.1) is 16.4 Å². The van der Waals surface area contributed by atoms with Crippen LogP contribution in [0.3, 0.4) is 0 Å². The number of halogens is 1. The fraction of sp³-hybridized carbons (Fsp3) is 0.645. The van der Waals surface area contributed by atoms with E-state index in [0.29, 0.717) is 46.1 Å². The number of carbonyl (C=O) groups is 2. The van der Waals surface area contributed by atoms with Crippen molar-refractivity contribution >= 4 is 41.8 Å². The molecular weight excluding hydrogens is 532 g/mol. The van der Waals surface area contributed by atoms with Gasteiger partial charge in [-0.05, 0) is 92.2 Å². The molecule has 2 unspecified atom stereocenters. The lowest BCUT2D eigenvalue weighted by Crippen LogP contribution is -2.31. The van der Waals surface area contributed by atoms with E-state index in [1.54, 1.807) is 0 Å². The number of carboxylic acid groups (broad SMARTS) is 1. The van der Waals surface area contributed by atoms with E-state index < -0.39 is 5.97 Å². The number of carbonyl (C=O) groups excluding carboxylic acids is 1. The first-order valence-electron chi connectivity index (χ1n) is 14.5. The third kappa shape index (κ3) is 6.84. The Labute approximate surface area is 242 Å². The van der Waals surface area contributed by atoms with E-state index in [0.717, 1.165) is 49.1 Å². The highest BCUT2D eigenvalue weighted by molar-refractivity contribution is 7.81. The average Bonchev–Trinajstić information content (AvgIpc) is 3.78. The molecule has 3 aliphatic carbocycles. The number of nitrogens with zero attached hydrogens (tertiary/aromatic N) is 1. The van der Waals surface area contributed by atoms with Gasteiger partial charge >= 0.3 is 5.97 Å². The van der Waals surface area contributed by atoms with Crippen molar-refractivity contribution in [3.63, 3.8) is 0 Å². The van der Waals surface area contributed by atoms with Crippen LogP contribution in [0.25, 0.3) is 0 Å². The number of benzene rings is 1. The van der Waals surface area contributed by atoms with Crippen molar-refractivity contribution in [2.45, 2.75) is 114 Å². The smallest absolute Gasteiger partial charge is 0.303 e. The van der Waals surface area contributed by atoms with Gasteiger partial charge in [-0.1, -0.05) is 43.6 Å². The molecule has 3 fully saturated rings. The van der Waals surface area contributed by atoms with Crippen molar-refractivity contribution in [3.05, 3.63) is 45.8 Å². The van der Waals surface area contributed by atoms with Gasteiger partial charge in [0.25, 0.3) is 0 Å². The maximum absolute atomic E-state index is 13.2. The molecule has 8 heteroatoms. The number of carboxylic acids is 1. The third-order valence-corrected chi connectivity index (χ3v) is 10.2. The molecule has 2 atom stereocenters. The fourth-order valence-corrected chi connectivity index (χ4v) is 6.43. The molecule has 0 bridgehead atoms. The normalized spacial score (nSPS) is 22.7. The first-order valence-corrected chi connectivity index (χ1v) is 15.4. The van der Waals surface area contributed by atoms with Crippen molar-refractivity contribution in [1.82, 2.24) is 5.16 Å². The summed E-state index contributed by atoms with van der Waals surface area (Å²) in [7, 11) is 0. The minimum atomic E-state index is -0.876. The number of aliphatic carboxylic acids is 1. The van der Waals surface area contributed by atoms with E-state index >= 15 is 0 Å². The molecule has 0 radical (unpaired) electrons. The second kappa shape index (κ2) is 11.5. The zero-order chi connectivity index (χ0) is 27.9. The quantitative estimate of drug-likeness (QED) is 0.210. The van der Waals surface area contributed by atoms with Crippen LogP contribution in [0.4, 0.5) is 5.69 Å². The summed E-state index contributed by atoms with van der Waals surface area (Å²) < 4.78 is 6.01. The predicted octanol–water partition coefficient (Wildman–Crippen LogP) is 8.29. The molecule has 5 rings (SSSR count). The van der Waals surface area contributed by atoms with Crippen LogP contribution < -0.4 is 5.32 Å². The molecular formula is C31H41ClN2O4S. The zero-order valence-electron chi connectivity index (χ0n) is 23.2. The molecule has 0 saturated heterocycles. The first-order chi connectivity index (χ1) is 18.5. The van der Waals surface area contributed by atoms with Gasteiger partial charge in [0, 0.05) is 35.5 Å². The Kier molecular flexibility index (Phi) is 8.40. The van der Waals surface area contributed by atoms with Crippen LogP contribution in [0, 0.1) is 11.3 Å². The lowest BCUT2D eigenvalue weighted by atomic mass is 9.65. The number of anilines is 1. The number of hydrogen-bond acceptors (Lipinski definition) is 5. The molecule has 3 saturated carbocycles. The third-order valence-electron chi connectivity index (χ3n) is 9.16. The van der Waals surface area contributed by atoms with E-state index in [4.69, 9.17) is 16.1 Å². The number of aromatic nitrogens is 1. The van der Waals surface area contributed by atoms with E-state index in [1.165, 1.54) is 18.4 Å². The molecule has 0 spiro atoms. The average molecular weight is 573 g/mol. The summed E-state index contributed by atoms with van der Waals surface area (Å²) in [5, 5.41) is 17.8. The maximum Gasteiger partial charge on any atom is 0.303 e. The SMILES string of the molecule is CC(S)C(C)(C)CC1CC(c2onc(C(CCC(=O)O)CC(=O)Nc3ccc(C4CC4)cc3Cl)c2C2CC2)C1. The summed E-state index contributed by atoms with van der Waals surface area (Å²) in [5.41, 5.74) is 3.91. The Morgan fingerprint density at radius 2 is 1.87 bits per heavy atom. The molecule has 1 amide bonds. The molecule has 1 heterocycles. The van der Waals surface area contributed by atoms with Gasteiger partial charge in [0.15, 0.2) is 0 Å². The number of hydrogen-bond donors (Lipinski definition) is 3. The van der Waals surface area contributed by atoms with E-state index in [9.17, 15) is 14.7 Å². The van der Waals surface area contributed by atoms with Crippen LogP contribution in [0.5, 0.6) is 0 Å². The number of rotatable bonds is 13. The van der Waals surface area contributed by atoms with Crippen molar-refractivity contribution in [3.8, 4) is 0 Å². The maximum atomic E-state index is 13.2. The van der Waals surface area contributed by atoms with Crippen LogP contribution in [-0.4, -0.2) is 27.4 Å². The van der Waals surface area contributed by atoms with Crippen LogP contribution >= 0.6 is 24.2 Å². The zero-order valence-corrected chi connectivity index (χ0v) is 24.9. The van der Waals surface area contributed by atoms with Crippen LogP contribution in [0.1, 0.15) is 131 Å². The van der Waals surface area contributed by atoms with Crippen molar-refractivity contribution in [2.24, 2.45) is 11.3 Å². The molecule has 6 nitrogen and oxygen atoms in total. The summed E-state index contributed by atoms with van der Waals surface area (Å²) in [5.74, 6) is 1.55. The number of amides is 1. The van der Waals surface area contributed by atoms with Gasteiger partial charge in [0.2, 0.25) is 5.91 Å². The number of nitrogens with one attached hydrogen (secondary N) is 1. The summed E-state index contributed by atoms with van der Waals surface area (Å²) >= 11 is 11.2. The molecule has 39 heavy (non-hydrogen) atoms. The van der Waals surface area contributed by atoms with Gasteiger partial charge in [-0.3, -0.25) is 9.59 Å². The Balaban J connectivity index is 1.30. The Hall–Kier alpha value is -1.99. The second-order valence-electron chi connectivity index (χ2n) is 12.9. The molecule has 1 aromatic heterocycles. The van der Waals surface area contributed by atoms with Crippen LogP contribution in [-0.2, 0) is 9.59 Å². The fourth-order valence-electron chi connectivity index (χ4n) is 6.09. The topological polar surface area (TPSA) is 92.4 Å². The first kappa shape index (κ1) is 28.5. The monoisotopic (exact) mass is 572 g/mol. The van der Waals surface area contributed by atoms with Crippen molar-refractivity contribution in [1.29, 1.82) is 0 Å². The highest BCUT2D eigenvalue weighted by Crippen LogP contribution is 2.54. The van der Waals surface area contributed by atoms with E-state index in [-0.39, 0.29) is 30.1 Å². The summed E-state index contributed by atoms with van der Waals surface area (Å²) in [6, 6.07) is 5.84. The van der Waals surface area contributed by atoms with E-state index in [2.05, 4.69) is 43.9 Å². The Morgan fingerprint density at radius 1 is 1.18 bits per heavy atom. The standard InChI is InChI=1S/C31H41ClN2O4S/c1-17(39)31(2,3)16-18-12-23(13-18)30-28(20-6-7-20)29(34-38-30)22(9-11-27(36)37)15-26(35)33-25-10-8-21(14-24(25)32)19-4-5-19/h8,10,14,17-20,22-23,39H,4-7,9,11-13,15-16H2,1-3H3,(H,33,35)(H,36,37). The van der Waals surface area contributed by atoms with Gasteiger partial charge in [0.1, 0.15) is 5.76 Å².